The third-order valence-electron chi connectivity index (χ3n) is 4.88. The van der Waals surface area contributed by atoms with Gasteiger partial charge in [0.25, 0.3) is 0 Å². The topological polar surface area (TPSA) is 20.3 Å². The number of halogens is 2. The molecule has 1 aliphatic rings. The van der Waals surface area contributed by atoms with Crippen LogP contribution in [0.5, 0.6) is 0 Å². The first-order valence-corrected chi connectivity index (χ1v) is 13.9. The van der Waals surface area contributed by atoms with E-state index in [0.29, 0.717) is 6.42 Å². The zero-order valence-corrected chi connectivity index (χ0v) is 18.0. The van der Waals surface area contributed by atoms with E-state index in [-0.39, 0.29) is 17.9 Å². The van der Waals surface area contributed by atoms with Crippen LogP contribution >= 0.6 is 18.6 Å². The molecule has 5 heteroatoms. The second-order valence-electron chi connectivity index (χ2n) is 6.52. The molecule has 0 heterocycles. The van der Waals surface area contributed by atoms with Gasteiger partial charge in [-0.3, -0.25) is 0 Å². The van der Waals surface area contributed by atoms with Gasteiger partial charge in [-0.15, -0.1) is 0 Å². The van der Waals surface area contributed by atoms with Crippen molar-refractivity contribution in [2.24, 2.45) is 0 Å². The Morgan fingerprint density at radius 3 is 2.46 bits per heavy atom. The van der Waals surface area contributed by atoms with Gasteiger partial charge < -0.3 is 0 Å². The molecule has 0 aromatic heterocycles. The molecular weight excluding hydrogens is 401 g/mol. The number of hydrogen-bond donors (Lipinski definition) is 0. The van der Waals surface area contributed by atoms with E-state index in [1.165, 1.54) is 16.7 Å². The predicted molar refractivity (Wildman–Crippen MR) is 106 cm³/mol. The van der Waals surface area contributed by atoms with Crippen molar-refractivity contribution in [2.45, 2.75) is 38.6 Å². The fourth-order valence-electron chi connectivity index (χ4n) is 3.63. The number of hydrogen-bond acceptors (Lipinski definition) is 1. The molecule has 26 heavy (non-hydrogen) atoms. The van der Waals surface area contributed by atoms with Crippen LogP contribution in [0.25, 0.3) is 6.08 Å². The number of nitrogens with zero attached hydrogens (tertiary/aromatic N) is 1. The van der Waals surface area contributed by atoms with E-state index in [2.05, 4.69) is 54.6 Å². The maximum atomic E-state index is 12.6. The molecule has 0 N–H and O–H groups in total. The van der Waals surface area contributed by atoms with E-state index in [4.69, 9.17) is 18.6 Å². The average Bonchev–Trinajstić information content (AvgIpc) is 3.05. The van der Waals surface area contributed by atoms with Gasteiger partial charge in [-0.25, -0.2) is 0 Å². The summed E-state index contributed by atoms with van der Waals surface area (Å²) in [6, 6.07) is 16.6. The molecule has 0 fully saturated rings. The summed E-state index contributed by atoms with van der Waals surface area (Å²) in [5.74, 6) is 0.249. The first-order valence-electron chi connectivity index (χ1n) is 8.90. The van der Waals surface area contributed by atoms with Gasteiger partial charge in [0.1, 0.15) is 0 Å². The van der Waals surface area contributed by atoms with Crippen molar-refractivity contribution in [1.82, 2.24) is 3.38 Å². The van der Waals surface area contributed by atoms with Crippen molar-refractivity contribution in [3.63, 3.8) is 0 Å². The zero-order valence-electron chi connectivity index (χ0n) is 15.0. The standard InChI is InChI=1S/C21H23NO.2ClH.Ti/c1-3-8-21(23)22-15(2)17-10-6-7-12-19(17)20-14-13-16-9-4-5-11-18(16)20;;;/h4-7,9-15,20H,3,8H2,1-2H3,(H,22,23);2*1H;/q;;;+3/p-3. The van der Waals surface area contributed by atoms with Crippen LogP contribution in [0.1, 0.15) is 60.9 Å². The summed E-state index contributed by atoms with van der Waals surface area (Å²) in [6.07, 6.45) is 5.67. The molecule has 0 spiro atoms. The van der Waals surface area contributed by atoms with E-state index in [1.54, 1.807) is 3.38 Å². The normalized spacial score (nSPS) is 16.2. The Bertz CT molecular complexity index is 821. The predicted octanol–water partition coefficient (Wildman–Crippen LogP) is 6.38. The Kier molecular flexibility index (Phi) is 6.63. The van der Waals surface area contributed by atoms with E-state index in [9.17, 15) is 4.79 Å². The third kappa shape index (κ3) is 3.94. The summed E-state index contributed by atoms with van der Waals surface area (Å²) >= 11 is -2.60. The number of benzene rings is 2. The third-order valence-corrected chi connectivity index (χ3v) is 7.95. The molecule has 0 bridgehead atoms. The Balaban J connectivity index is 2.00. The summed E-state index contributed by atoms with van der Waals surface area (Å²) < 4.78 is 1.75. The zero-order chi connectivity index (χ0) is 18.7. The van der Waals surface area contributed by atoms with Crippen LogP contribution in [0.15, 0.2) is 54.6 Å². The van der Waals surface area contributed by atoms with E-state index >= 15 is 0 Å². The SMILES string of the molecule is CCCC(=O)[N](C(C)c1ccccc1C1C=Cc2ccccc21)[Ti]([Cl])[Cl]. The minimum absolute atomic E-state index is 0.0529. The summed E-state index contributed by atoms with van der Waals surface area (Å²) in [5.41, 5.74) is 4.88. The van der Waals surface area contributed by atoms with Crippen molar-refractivity contribution in [3.05, 3.63) is 76.9 Å². The quantitative estimate of drug-likeness (QED) is 0.494. The summed E-state index contributed by atoms with van der Waals surface area (Å²) in [5, 5.41) is 0. The van der Waals surface area contributed by atoms with Gasteiger partial charge in [0.05, 0.1) is 0 Å². The van der Waals surface area contributed by atoms with Crippen LogP contribution in [0.3, 0.4) is 0 Å². The molecular formula is C21H22Cl2NOTi. The van der Waals surface area contributed by atoms with Gasteiger partial charge in [0.15, 0.2) is 0 Å². The molecule has 1 amide bonds. The number of allylic oxidation sites excluding steroid dienone is 1. The molecule has 2 aromatic rings. The average molecular weight is 423 g/mol. The Morgan fingerprint density at radius 2 is 1.77 bits per heavy atom. The molecule has 0 aliphatic heterocycles. The van der Waals surface area contributed by atoms with Gasteiger partial charge >= 0.3 is 170 Å². The molecule has 1 aliphatic carbocycles. The van der Waals surface area contributed by atoms with Crippen molar-refractivity contribution in [3.8, 4) is 0 Å². The second-order valence-corrected chi connectivity index (χ2v) is 11.8. The van der Waals surface area contributed by atoms with Gasteiger partial charge in [0.2, 0.25) is 0 Å². The van der Waals surface area contributed by atoms with Crippen molar-refractivity contribution in [2.75, 3.05) is 0 Å². The van der Waals surface area contributed by atoms with Crippen molar-refractivity contribution >= 4 is 30.6 Å². The number of carbonyl (C=O) groups is 1. The molecule has 3 rings (SSSR count). The van der Waals surface area contributed by atoms with Gasteiger partial charge in [-0.2, -0.15) is 0 Å². The van der Waals surface area contributed by atoms with Crippen LogP contribution in [-0.4, -0.2) is 9.29 Å². The first kappa shape index (κ1) is 19.7. The monoisotopic (exact) mass is 422 g/mol. The van der Waals surface area contributed by atoms with Gasteiger partial charge in [-0.05, 0) is 0 Å². The van der Waals surface area contributed by atoms with Gasteiger partial charge in [0, 0.05) is 0 Å². The van der Waals surface area contributed by atoms with Crippen LogP contribution in [0.2, 0.25) is 0 Å². The molecule has 2 unspecified atom stereocenters. The van der Waals surface area contributed by atoms with Crippen molar-refractivity contribution < 1.29 is 20.8 Å². The van der Waals surface area contributed by atoms with E-state index in [0.717, 1.165) is 12.0 Å². The molecule has 0 radical (unpaired) electrons. The summed E-state index contributed by atoms with van der Waals surface area (Å²) in [4.78, 5) is 12.6. The number of amides is 1. The van der Waals surface area contributed by atoms with Crippen LogP contribution in [0.4, 0.5) is 0 Å². The Labute approximate surface area is 169 Å². The fourth-order valence-corrected chi connectivity index (χ4v) is 6.75. The van der Waals surface area contributed by atoms with Crippen molar-refractivity contribution in [1.29, 1.82) is 0 Å². The first-order chi connectivity index (χ1) is 12.5. The molecule has 2 nitrogen and oxygen atoms in total. The van der Waals surface area contributed by atoms with Crippen LogP contribution in [-0.2, 0) is 20.8 Å². The van der Waals surface area contributed by atoms with E-state index < -0.39 is 16.0 Å². The van der Waals surface area contributed by atoms with Gasteiger partial charge in [-0.1, -0.05) is 0 Å². The maximum absolute atomic E-state index is 12.6. The molecule has 2 atom stereocenters. The summed E-state index contributed by atoms with van der Waals surface area (Å²) in [6.45, 7) is 4.03. The number of rotatable bonds is 6. The Morgan fingerprint density at radius 1 is 1.12 bits per heavy atom. The van der Waals surface area contributed by atoms with Crippen LogP contribution in [0, 0.1) is 0 Å². The molecule has 135 valence electrons. The van der Waals surface area contributed by atoms with E-state index in [1.807, 2.05) is 19.9 Å². The second kappa shape index (κ2) is 8.76. The fraction of sp³-hybridized carbons (Fsp3) is 0.286. The molecule has 0 saturated carbocycles. The summed E-state index contributed by atoms with van der Waals surface area (Å²) in [7, 11) is 12.7. The number of fused-ring (bicyclic) bond motifs is 1. The molecule has 0 saturated heterocycles. The Hall–Kier alpha value is -1.06. The molecule has 2 aromatic carbocycles. The van der Waals surface area contributed by atoms with Crippen LogP contribution < -0.4 is 0 Å². The number of carbonyl (C=O) groups excluding carboxylic acids is 1. The minimum atomic E-state index is -2.60.